The van der Waals surface area contributed by atoms with Crippen molar-refractivity contribution in [3.05, 3.63) is 78.6 Å². The zero-order valence-corrected chi connectivity index (χ0v) is 10.6. The molecule has 0 aliphatic carbocycles. The predicted octanol–water partition coefficient (Wildman–Crippen LogP) is 4.66. The second kappa shape index (κ2) is 4.88. The van der Waals surface area contributed by atoms with Crippen molar-refractivity contribution in [3.63, 3.8) is 0 Å². The molecule has 1 heterocycles. The highest BCUT2D eigenvalue weighted by atomic mass is 19.1. The molecule has 2 aromatic carbocycles. The summed E-state index contributed by atoms with van der Waals surface area (Å²) in [5, 5.41) is 1.14. The van der Waals surface area contributed by atoms with Gasteiger partial charge in [-0.2, -0.15) is 0 Å². The molecule has 0 saturated heterocycles. The molecule has 1 aromatic heterocycles. The molecule has 3 rings (SSSR count). The Bertz CT molecular complexity index is 699. The van der Waals surface area contributed by atoms with Gasteiger partial charge in [0.05, 0.1) is 0 Å². The lowest BCUT2D eigenvalue weighted by molar-refractivity contribution is 0.597. The third-order valence-corrected chi connectivity index (χ3v) is 3.57. The Hall–Kier alpha value is -2.09. The third-order valence-electron chi connectivity index (χ3n) is 3.57. The molecule has 1 nitrogen and oxygen atoms in total. The van der Waals surface area contributed by atoms with Crippen LogP contribution in [0.4, 0.5) is 4.39 Å². The molecule has 3 aromatic rings. The van der Waals surface area contributed by atoms with Crippen molar-refractivity contribution in [2.45, 2.75) is 12.3 Å². The van der Waals surface area contributed by atoms with Crippen molar-refractivity contribution in [1.82, 2.24) is 4.98 Å². The Morgan fingerprint density at radius 1 is 1.00 bits per heavy atom. The number of halogens is 1. The minimum atomic E-state index is -0.165. The van der Waals surface area contributed by atoms with Gasteiger partial charge in [0, 0.05) is 23.0 Å². The van der Waals surface area contributed by atoms with Crippen LogP contribution < -0.4 is 0 Å². The highest BCUT2D eigenvalue weighted by Crippen LogP contribution is 2.34. The zero-order chi connectivity index (χ0) is 13.2. The van der Waals surface area contributed by atoms with Crippen LogP contribution in [0.2, 0.25) is 0 Å². The van der Waals surface area contributed by atoms with Gasteiger partial charge in [0.25, 0.3) is 0 Å². The Kier molecular flexibility index (Phi) is 3.08. The maximum absolute atomic E-state index is 14.0. The van der Waals surface area contributed by atoms with Gasteiger partial charge in [-0.05, 0) is 29.7 Å². The van der Waals surface area contributed by atoms with Crippen LogP contribution in [0.3, 0.4) is 0 Å². The van der Waals surface area contributed by atoms with Crippen LogP contribution in [0.25, 0.3) is 10.9 Å². The molecule has 0 bridgehead atoms. The fourth-order valence-electron chi connectivity index (χ4n) is 2.62. The summed E-state index contributed by atoms with van der Waals surface area (Å²) >= 11 is 0. The highest BCUT2D eigenvalue weighted by Gasteiger charge is 2.18. The minimum Gasteiger partial charge on any atom is -0.361 e. The van der Waals surface area contributed by atoms with Crippen molar-refractivity contribution in [3.8, 4) is 0 Å². The molecule has 1 unspecified atom stereocenters. The van der Waals surface area contributed by atoms with Crippen molar-refractivity contribution in [1.29, 1.82) is 0 Å². The van der Waals surface area contributed by atoms with E-state index in [4.69, 9.17) is 0 Å². The maximum atomic E-state index is 14.0. The summed E-state index contributed by atoms with van der Waals surface area (Å²) in [5.41, 5.74) is 2.89. The SMILES string of the molecule is [CH2]CC(c1ccccc1F)c1c[nH]c2ccccc12. The number of benzene rings is 2. The topological polar surface area (TPSA) is 15.8 Å². The minimum absolute atomic E-state index is 0.0163. The maximum Gasteiger partial charge on any atom is 0.127 e. The van der Waals surface area contributed by atoms with Crippen LogP contribution in [0, 0.1) is 12.7 Å². The van der Waals surface area contributed by atoms with Crippen LogP contribution in [0.1, 0.15) is 23.5 Å². The van der Waals surface area contributed by atoms with Crippen molar-refractivity contribution in [2.75, 3.05) is 0 Å². The summed E-state index contributed by atoms with van der Waals surface area (Å²) < 4.78 is 14.0. The van der Waals surface area contributed by atoms with Gasteiger partial charge in [-0.1, -0.05) is 43.3 Å². The molecule has 0 fully saturated rings. The number of hydrogen-bond acceptors (Lipinski definition) is 0. The van der Waals surface area contributed by atoms with Gasteiger partial charge in [0.1, 0.15) is 5.82 Å². The third kappa shape index (κ3) is 2.03. The average Bonchev–Trinajstić information content (AvgIpc) is 2.86. The average molecular weight is 252 g/mol. The largest absolute Gasteiger partial charge is 0.361 e. The molecule has 0 aliphatic rings. The van der Waals surface area contributed by atoms with Crippen molar-refractivity contribution in [2.24, 2.45) is 0 Å². The first-order valence-electron chi connectivity index (χ1n) is 6.41. The Morgan fingerprint density at radius 3 is 2.53 bits per heavy atom. The molecular formula is C17H15FN. The van der Waals surface area contributed by atoms with E-state index in [9.17, 15) is 4.39 Å². The lowest BCUT2D eigenvalue weighted by atomic mass is 9.88. The lowest BCUT2D eigenvalue weighted by Gasteiger charge is -2.15. The van der Waals surface area contributed by atoms with Gasteiger partial charge in [-0.15, -0.1) is 0 Å². The van der Waals surface area contributed by atoms with Crippen LogP contribution in [-0.2, 0) is 0 Å². The summed E-state index contributed by atoms with van der Waals surface area (Å²) in [4.78, 5) is 3.24. The molecule has 0 amide bonds. The van der Waals surface area contributed by atoms with E-state index in [2.05, 4.69) is 18.0 Å². The van der Waals surface area contributed by atoms with E-state index in [0.29, 0.717) is 12.0 Å². The van der Waals surface area contributed by atoms with Gasteiger partial charge < -0.3 is 4.98 Å². The number of para-hydroxylation sites is 1. The second-order valence-corrected chi connectivity index (χ2v) is 4.65. The summed E-state index contributed by atoms with van der Waals surface area (Å²) in [6.07, 6.45) is 2.59. The first-order valence-corrected chi connectivity index (χ1v) is 6.41. The number of H-pyrrole nitrogens is 1. The molecule has 0 aliphatic heterocycles. The van der Waals surface area contributed by atoms with Gasteiger partial charge in [0.2, 0.25) is 0 Å². The zero-order valence-electron chi connectivity index (χ0n) is 10.6. The molecule has 0 spiro atoms. The molecule has 0 saturated carbocycles. The van der Waals surface area contributed by atoms with E-state index >= 15 is 0 Å². The Balaban J connectivity index is 2.15. The molecule has 19 heavy (non-hydrogen) atoms. The smallest absolute Gasteiger partial charge is 0.127 e. The van der Waals surface area contributed by atoms with E-state index in [1.54, 1.807) is 6.07 Å². The summed E-state index contributed by atoms with van der Waals surface area (Å²) in [6.45, 7) is 3.99. The lowest BCUT2D eigenvalue weighted by Crippen LogP contribution is -2.01. The molecule has 95 valence electrons. The number of aromatic nitrogens is 1. The second-order valence-electron chi connectivity index (χ2n) is 4.65. The van der Waals surface area contributed by atoms with E-state index in [1.807, 2.05) is 36.5 Å². The first-order chi connectivity index (χ1) is 9.31. The van der Waals surface area contributed by atoms with Gasteiger partial charge in [-0.25, -0.2) is 4.39 Å². The molecule has 2 heteroatoms. The van der Waals surface area contributed by atoms with Crippen molar-refractivity contribution >= 4 is 10.9 Å². The van der Waals surface area contributed by atoms with E-state index in [-0.39, 0.29) is 11.7 Å². The fraction of sp³-hybridized carbons (Fsp3) is 0.118. The summed E-state index contributed by atoms with van der Waals surface area (Å²) in [5.74, 6) is -0.182. The van der Waals surface area contributed by atoms with E-state index in [0.717, 1.165) is 16.5 Å². The van der Waals surface area contributed by atoms with Gasteiger partial charge in [0.15, 0.2) is 0 Å². The predicted molar refractivity (Wildman–Crippen MR) is 76.5 cm³/mol. The van der Waals surface area contributed by atoms with Crippen LogP contribution in [0.15, 0.2) is 54.7 Å². The summed E-state index contributed by atoms with van der Waals surface area (Å²) in [7, 11) is 0. The molecule has 1 N–H and O–H groups in total. The number of fused-ring (bicyclic) bond motifs is 1. The van der Waals surface area contributed by atoms with Gasteiger partial charge >= 0.3 is 0 Å². The number of hydrogen-bond donors (Lipinski definition) is 1. The van der Waals surface area contributed by atoms with Crippen molar-refractivity contribution < 1.29 is 4.39 Å². The molecule has 1 radical (unpaired) electrons. The standard InChI is InChI=1S/C17H15FN/c1-2-12(13-7-3-5-9-16(13)18)15-11-19-17-10-6-4-8-14(15)17/h3-12,19H,1-2H2. The first kappa shape index (κ1) is 12.0. The normalized spacial score (nSPS) is 12.7. The Labute approximate surface area is 112 Å². The quantitative estimate of drug-likeness (QED) is 0.697. The number of rotatable bonds is 3. The Morgan fingerprint density at radius 2 is 1.74 bits per heavy atom. The highest BCUT2D eigenvalue weighted by molar-refractivity contribution is 5.84. The number of nitrogens with one attached hydrogen (secondary N) is 1. The number of aromatic amines is 1. The van der Waals surface area contributed by atoms with E-state index < -0.39 is 0 Å². The molecular weight excluding hydrogens is 237 g/mol. The van der Waals surface area contributed by atoms with E-state index in [1.165, 1.54) is 6.07 Å². The monoisotopic (exact) mass is 252 g/mol. The fourth-order valence-corrected chi connectivity index (χ4v) is 2.62. The summed E-state index contributed by atoms with van der Waals surface area (Å²) in [6, 6.07) is 15.0. The van der Waals surface area contributed by atoms with Gasteiger partial charge in [-0.3, -0.25) is 0 Å². The molecule has 1 atom stereocenters. The van der Waals surface area contributed by atoms with Crippen LogP contribution in [0.5, 0.6) is 0 Å². The van der Waals surface area contributed by atoms with Crippen LogP contribution in [-0.4, -0.2) is 4.98 Å². The van der Waals surface area contributed by atoms with Crippen LogP contribution >= 0.6 is 0 Å².